The Balaban J connectivity index is 1.72. The molecule has 0 saturated heterocycles. The van der Waals surface area contributed by atoms with Crippen molar-refractivity contribution < 1.29 is 23.1 Å². The highest BCUT2D eigenvalue weighted by atomic mass is 19.4. The van der Waals surface area contributed by atoms with Crippen LogP contribution in [0.2, 0.25) is 0 Å². The molecule has 3 aromatic rings. The minimum Gasteiger partial charge on any atom is -0.374 e. The van der Waals surface area contributed by atoms with Crippen molar-refractivity contribution in [3.63, 3.8) is 0 Å². The molecule has 0 saturated carbocycles. The van der Waals surface area contributed by atoms with Crippen molar-refractivity contribution in [3.8, 4) is 0 Å². The number of hydrogen-bond donors (Lipinski definition) is 3. The minimum atomic E-state index is -4.93. The monoisotopic (exact) mass is 366 g/mol. The van der Waals surface area contributed by atoms with E-state index in [4.69, 9.17) is 0 Å². The molecule has 2 aromatic heterocycles. The van der Waals surface area contributed by atoms with Gasteiger partial charge >= 0.3 is 6.18 Å². The molecule has 138 valence electrons. The summed E-state index contributed by atoms with van der Waals surface area (Å²) < 4.78 is 41.3. The van der Waals surface area contributed by atoms with E-state index in [1.807, 2.05) is 12.1 Å². The zero-order chi connectivity index (χ0) is 18.9. The molecule has 2 heterocycles. The van der Waals surface area contributed by atoms with Crippen LogP contribution >= 0.6 is 0 Å². The molecule has 0 bridgehead atoms. The number of nitrogens with one attached hydrogen (secondary N) is 2. The standard InChI is InChI=1S/C17H17F3N4O2/c1-24-9-8-22-15(24)16(26,17(18,19)20)6-7-21-14(25)13-10-11-4-2-3-5-12(11)23-13/h2-5,8-10,23,26H,6-7H2,1H3,(H,21,25). The highest BCUT2D eigenvalue weighted by molar-refractivity contribution is 5.97. The first-order valence-electron chi connectivity index (χ1n) is 7.85. The van der Waals surface area contributed by atoms with Crippen molar-refractivity contribution in [1.82, 2.24) is 19.9 Å². The highest BCUT2D eigenvalue weighted by Gasteiger charge is 2.57. The average Bonchev–Trinajstić information content (AvgIpc) is 3.19. The van der Waals surface area contributed by atoms with Gasteiger partial charge in [-0.25, -0.2) is 4.98 Å². The van der Waals surface area contributed by atoms with Gasteiger partial charge in [-0.05, 0) is 12.1 Å². The van der Waals surface area contributed by atoms with Crippen molar-refractivity contribution in [3.05, 3.63) is 54.2 Å². The number of benzene rings is 1. The number of carbonyl (C=O) groups excluding carboxylic acids is 1. The van der Waals surface area contributed by atoms with Gasteiger partial charge in [0.15, 0.2) is 0 Å². The summed E-state index contributed by atoms with van der Waals surface area (Å²) in [6.07, 6.45) is -3.20. The number of aromatic nitrogens is 3. The predicted octanol–water partition coefficient (Wildman–Crippen LogP) is 2.47. The molecule has 0 spiro atoms. The summed E-state index contributed by atoms with van der Waals surface area (Å²) in [5.41, 5.74) is -2.17. The summed E-state index contributed by atoms with van der Waals surface area (Å²) in [6, 6.07) is 8.83. The molecule has 0 aliphatic heterocycles. The second kappa shape index (κ2) is 6.49. The maximum atomic E-state index is 13.4. The smallest absolute Gasteiger partial charge is 0.374 e. The molecule has 0 radical (unpaired) electrons. The Morgan fingerprint density at radius 2 is 2.08 bits per heavy atom. The third-order valence-electron chi connectivity index (χ3n) is 4.21. The number of fused-ring (bicyclic) bond motifs is 1. The van der Waals surface area contributed by atoms with Gasteiger partial charge in [0.1, 0.15) is 11.5 Å². The fraction of sp³-hybridized carbons (Fsp3) is 0.294. The number of rotatable bonds is 5. The van der Waals surface area contributed by atoms with Crippen molar-refractivity contribution >= 4 is 16.8 Å². The average molecular weight is 366 g/mol. The van der Waals surface area contributed by atoms with Crippen LogP contribution in [-0.2, 0) is 12.6 Å². The van der Waals surface area contributed by atoms with Crippen LogP contribution in [0, 0.1) is 0 Å². The first-order valence-corrected chi connectivity index (χ1v) is 7.85. The number of aliphatic hydroxyl groups is 1. The van der Waals surface area contributed by atoms with Crippen molar-refractivity contribution in [2.75, 3.05) is 6.54 Å². The zero-order valence-corrected chi connectivity index (χ0v) is 13.8. The van der Waals surface area contributed by atoms with Gasteiger partial charge in [-0.2, -0.15) is 13.2 Å². The van der Waals surface area contributed by atoms with E-state index >= 15 is 0 Å². The lowest BCUT2D eigenvalue weighted by Gasteiger charge is -2.29. The molecule has 0 aliphatic rings. The molecule has 3 rings (SSSR count). The Labute approximate surface area is 146 Å². The number of aromatic amines is 1. The van der Waals surface area contributed by atoms with Gasteiger partial charge in [-0.15, -0.1) is 0 Å². The number of para-hydroxylation sites is 1. The second-order valence-electron chi connectivity index (χ2n) is 6.00. The summed E-state index contributed by atoms with van der Waals surface area (Å²) in [7, 11) is 1.36. The number of imidazole rings is 1. The second-order valence-corrected chi connectivity index (χ2v) is 6.00. The summed E-state index contributed by atoms with van der Waals surface area (Å²) in [6.45, 7) is -0.378. The summed E-state index contributed by atoms with van der Waals surface area (Å²) >= 11 is 0. The SMILES string of the molecule is Cn1ccnc1C(O)(CCNC(=O)c1cc2ccccc2[nH]1)C(F)(F)F. The number of alkyl halides is 3. The van der Waals surface area contributed by atoms with E-state index in [0.717, 1.165) is 15.5 Å². The van der Waals surface area contributed by atoms with Crippen LogP contribution < -0.4 is 5.32 Å². The number of H-pyrrole nitrogens is 1. The molecular weight excluding hydrogens is 349 g/mol. The molecule has 3 N–H and O–H groups in total. The Morgan fingerprint density at radius 1 is 1.35 bits per heavy atom. The Kier molecular flexibility index (Phi) is 4.49. The molecule has 1 aromatic carbocycles. The van der Waals surface area contributed by atoms with Crippen LogP contribution in [0.25, 0.3) is 10.9 Å². The lowest BCUT2D eigenvalue weighted by molar-refractivity contribution is -0.272. The first-order chi connectivity index (χ1) is 12.2. The van der Waals surface area contributed by atoms with E-state index in [1.165, 1.54) is 19.4 Å². The Hall–Kier alpha value is -2.81. The third kappa shape index (κ3) is 3.17. The van der Waals surface area contributed by atoms with E-state index in [2.05, 4.69) is 15.3 Å². The van der Waals surface area contributed by atoms with E-state index in [0.29, 0.717) is 0 Å². The lowest BCUT2D eigenvalue weighted by Crippen LogP contribution is -2.46. The highest BCUT2D eigenvalue weighted by Crippen LogP contribution is 2.40. The Bertz CT molecular complexity index is 898. The number of halogens is 3. The van der Waals surface area contributed by atoms with Crippen molar-refractivity contribution in [2.45, 2.75) is 18.2 Å². The van der Waals surface area contributed by atoms with E-state index < -0.39 is 29.9 Å². The fourth-order valence-electron chi connectivity index (χ4n) is 2.79. The van der Waals surface area contributed by atoms with Crippen LogP contribution in [0.1, 0.15) is 22.7 Å². The molecule has 6 nitrogen and oxygen atoms in total. The number of hydrogen-bond acceptors (Lipinski definition) is 3. The van der Waals surface area contributed by atoms with E-state index in [9.17, 15) is 23.1 Å². The summed E-state index contributed by atoms with van der Waals surface area (Å²) in [4.78, 5) is 18.7. The molecule has 26 heavy (non-hydrogen) atoms. The fourth-order valence-corrected chi connectivity index (χ4v) is 2.79. The van der Waals surface area contributed by atoms with Crippen molar-refractivity contribution in [2.24, 2.45) is 7.05 Å². The van der Waals surface area contributed by atoms with Gasteiger partial charge in [0.2, 0.25) is 5.60 Å². The molecule has 9 heteroatoms. The number of nitrogens with zero attached hydrogens (tertiary/aromatic N) is 2. The zero-order valence-electron chi connectivity index (χ0n) is 13.8. The maximum Gasteiger partial charge on any atom is 0.424 e. The quantitative estimate of drug-likeness (QED) is 0.649. The van der Waals surface area contributed by atoms with Crippen LogP contribution in [-0.4, -0.2) is 38.3 Å². The van der Waals surface area contributed by atoms with Crippen LogP contribution in [0.15, 0.2) is 42.7 Å². The largest absolute Gasteiger partial charge is 0.424 e. The molecule has 1 unspecified atom stereocenters. The lowest BCUT2D eigenvalue weighted by atomic mass is 9.97. The van der Waals surface area contributed by atoms with E-state index in [-0.39, 0.29) is 12.2 Å². The van der Waals surface area contributed by atoms with Crippen LogP contribution in [0.3, 0.4) is 0 Å². The van der Waals surface area contributed by atoms with Gasteiger partial charge in [-0.3, -0.25) is 4.79 Å². The number of carbonyl (C=O) groups is 1. The molecule has 0 aliphatic carbocycles. The summed E-state index contributed by atoms with van der Waals surface area (Å²) in [5, 5.41) is 13.4. The van der Waals surface area contributed by atoms with Crippen LogP contribution in [0.5, 0.6) is 0 Å². The molecule has 1 amide bonds. The molecule has 0 fully saturated rings. The first kappa shape index (κ1) is 18.0. The molecular formula is C17H17F3N4O2. The normalized spacial score (nSPS) is 14.3. The van der Waals surface area contributed by atoms with Gasteiger partial charge in [0.05, 0.1) is 0 Å². The van der Waals surface area contributed by atoms with Gasteiger partial charge in [-0.1, -0.05) is 18.2 Å². The van der Waals surface area contributed by atoms with Gasteiger partial charge in [0, 0.05) is 43.3 Å². The summed E-state index contributed by atoms with van der Waals surface area (Å²) in [5.74, 6) is -1.07. The number of aryl methyl sites for hydroxylation is 1. The van der Waals surface area contributed by atoms with Crippen molar-refractivity contribution in [1.29, 1.82) is 0 Å². The topological polar surface area (TPSA) is 82.9 Å². The van der Waals surface area contributed by atoms with Gasteiger partial charge in [0.25, 0.3) is 5.91 Å². The predicted molar refractivity (Wildman–Crippen MR) is 88.4 cm³/mol. The molecule has 1 atom stereocenters. The van der Waals surface area contributed by atoms with Crippen LogP contribution in [0.4, 0.5) is 13.2 Å². The van der Waals surface area contributed by atoms with Gasteiger partial charge < -0.3 is 20.0 Å². The minimum absolute atomic E-state index is 0.235. The Morgan fingerprint density at radius 3 is 2.69 bits per heavy atom. The number of amides is 1. The maximum absolute atomic E-state index is 13.4. The van der Waals surface area contributed by atoms with E-state index in [1.54, 1.807) is 18.2 Å². The third-order valence-corrected chi connectivity index (χ3v) is 4.21.